The van der Waals surface area contributed by atoms with Gasteiger partial charge in [0.1, 0.15) is 0 Å². The van der Waals surface area contributed by atoms with Crippen molar-refractivity contribution < 1.29 is 9.90 Å². The number of carboxylic acids is 1. The fourth-order valence-corrected chi connectivity index (χ4v) is 3.01. The summed E-state index contributed by atoms with van der Waals surface area (Å²) in [4.78, 5) is 13.0. The Morgan fingerprint density at radius 3 is 2.37 bits per heavy atom. The van der Waals surface area contributed by atoms with Crippen molar-refractivity contribution in [3.05, 3.63) is 57.2 Å². The van der Waals surface area contributed by atoms with Crippen molar-refractivity contribution >= 4 is 40.3 Å². The summed E-state index contributed by atoms with van der Waals surface area (Å²) in [5.74, 6) is -0.791. The summed E-state index contributed by atoms with van der Waals surface area (Å²) < 4.78 is 1.22. The van der Waals surface area contributed by atoms with E-state index in [0.717, 1.165) is 16.0 Å². The molecule has 1 N–H and O–H groups in total. The van der Waals surface area contributed by atoms with Gasteiger partial charge in [0.15, 0.2) is 0 Å². The Kier molecular flexibility index (Phi) is 4.87. The maximum atomic E-state index is 10.7. The molecule has 0 aliphatic carbocycles. The zero-order valence-electron chi connectivity index (χ0n) is 10.4. The van der Waals surface area contributed by atoms with Gasteiger partial charge < -0.3 is 5.11 Å². The number of hydrogen-bond acceptors (Lipinski definition) is 2. The number of carboxylic acid groups (broad SMARTS) is 1. The van der Waals surface area contributed by atoms with E-state index in [-0.39, 0.29) is 6.42 Å². The van der Waals surface area contributed by atoms with Crippen molar-refractivity contribution in [3.63, 3.8) is 0 Å². The Bertz CT molecular complexity index is 594. The van der Waals surface area contributed by atoms with Crippen LogP contribution in [0.2, 0.25) is 0 Å². The Balaban J connectivity index is 2.15. The molecule has 0 spiro atoms. The highest BCUT2D eigenvalue weighted by Crippen LogP contribution is 2.29. The predicted molar refractivity (Wildman–Crippen MR) is 85.8 cm³/mol. The number of carbonyl (C=O) groups is 1. The van der Waals surface area contributed by atoms with E-state index in [1.54, 1.807) is 11.8 Å². The van der Waals surface area contributed by atoms with Gasteiger partial charge in [-0.2, -0.15) is 0 Å². The van der Waals surface area contributed by atoms with Gasteiger partial charge in [-0.25, -0.2) is 0 Å². The lowest BCUT2D eigenvalue weighted by Gasteiger charge is -2.07. The number of aliphatic carboxylic acids is 1. The maximum Gasteiger partial charge on any atom is 0.307 e. The highest BCUT2D eigenvalue weighted by Gasteiger charge is 2.05. The van der Waals surface area contributed by atoms with E-state index in [4.69, 9.17) is 5.11 Å². The van der Waals surface area contributed by atoms with E-state index < -0.39 is 5.97 Å². The van der Waals surface area contributed by atoms with Gasteiger partial charge >= 0.3 is 5.97 Å². The summed E-state index contributed by atoms with van der Waals surface area (Å²) in [7, 11) is 0. The van der Waals surface area contributed by atoms with Gasteiger partial charge in [0.25, 0.3) is 0 Å². The molecule has 0 saturated heterocycles. The maximum absolute atomic E-state index is 10.7. The van der Waals surface area contributed by atoms with Gasteiger partial charge in [-0.1, -0.05) is 17.8 Å². The number of hydrogen-bond donors (Lipinski definition) is 1. The van der Waals surface area contributed by atoms with Crippen LogP contribution in [-0.4, -0.2) is 11.1 Å². The molecule has 19 heavy (non-hydrogen) atoms. The first kappa shape index (κ1) is 14.4. The van der Waals surface area contributed by atoms with Crippen LogP contribution >= 0.6 is 34.4 Å². The van der Waals surface area contributed by atoms with Crippen molar-refractivity contribution in [1.29, 1.82) is 0 Å². The second-order valence-corrected chi connectivity index (χ2v) is 6.61. The number of aryl methyl sites for hydroxylation is 1. The molecule has 0 atom stereocenters. The third-order valence-electron chi connectivity index (χ3n) is 2.71. The van der Waals surface area contributed by atoms with Crippen LogP contribution in [0.25, 0.3) is 0 Å². The minimum Gasteiger partial charge on any atom is -0.481 e. The van der Waals surface area contributed by atoms with E-state index in [2.05, 4.69) is 46.9 Å². The Morgan fingerprint density at radius 2 is 1.79 bits per heavy atom. The Morgan fingerprint density at radius 1 is 1.16 bits per heavy atom. The molecule has 0 unspecified atom stereocenters. The van der Waals surface area contributed by atoms with Crippen molar-refractivity contribution in [2.75, 3.05) is 0 Å². The van der Waals surface area contributed by atoms with Crippen LogP contribution in [0, 0.1) is 10.5 Å². The first-order chi connectivity index (χ1) is 9.04. The van der Waals surface area contributed by atoms with Gasteiger partial charge in [-0.05, 0) is 77.0 Å². The molecule has 0 aliphatic rings. The summed E-state index contributed by atoms with van der Waals surface area (Å²) in [5, 5.41) is 8.82. The summed E-state index contributed by atoms with van der Waals surface area (Å²) in [6.07, 6.45) is 0.0836. The van der Waals surface area contributed by atoms with Crippen molar-refractivity contribution in [3.8, 4) is 0 Å². The van der Waals surface area contributed by atoms with Gasteiger partial charge in [-0.3, -0.25) is 4.79 Å². The molecule has 0 aromatic heterocycles. The second-order valence-electron chi connectivity index (χ2n) is 4.21. The average Bonchev–Trinajstić information content (AvgIpc) is 2.35. The van der Waals surface area contributed by atoms with Crippen LogP contribution in [0.3, 0.4) is 0 Å². The van der Waals surface area contributed by atoms with Crippen LogP contribution in [0.1, 0.15) is 11.1 Å². The molecule has 2 nitrogen and oxygen atoms in total. The standard InChI is InChI=1S/C15H13IO2S/c1-10-8-14(5-2-11(10)9-15(17)18)19-13-6-3-12(16)4-7-13/h2-8H,9H2,1H3,(H,17,18). The van der Waals surface area contributed by atoms with Gasteiger partial charge in [0, 0.05) is 13.4 Å². The summed E-state index contributed by atoms with van der Waals surface area (Å²) in [5.41, 5.74) is 1.90. The van der Waals surface area contributed by atoms with Crippen LogP contribution in [0.15, 0.2) is 52.3 Å². The molecular weight excluding hydrogens is 371 g/mol. The monoisotopic (exact) mass is 384 g/mol. The normalized spacial score (nSPS) is 10.4. The molecule has 2 rings (SSSR count). The quantitative estimate of drug-likeness (QED) is 0.796. The number of benzene rings is 2. The zero-order chi connectivity index (χ0) is 13.8. The van der Waals surface area contributed by atoms with Gasteiger partial charge in [0.2, 0.25) is 0 Å². The molecule has 2 aromatic rings. The minimum absolute atomic E-state index is 0.0836. The minimum atomic E-state index is -0.791. The van der Waals surface area contributed by atoms with Crippen LogP contribution in [0.4, 0.5) is 0 Å². The lowest BCUT2D eigenvalue weighted by Crippen LogP contribution is -2.01. The predicted octanol–water partition coefficient (Wildman–Crippen LogP) is 4.38. The van der Waals surface area contributed by atoms with Crippen LogP contribution < -0.4 is 0 Å². The van der Waals surface area contributed by atoms with Crippen molar-refractivity contribution in [2.45, 2.75) is 23.1 Å². The van der Waals surface area contributed by atoms with Gasteiger partial charge in [0.05, 0.1) is 6.42 Å². The van der Waals surface area contributed by atoms with Crippen molar-refractivity contribution in [1.82, 2.24) is 0 Å². The lowest BCUT2D eigenvalue weighted by atomic mass is 10.1. The van der Waals surface area contributed by atoms with E-state index in [0.29, 0.717) is 0 Å². The van der Waals surface area contributed by atoms with E-state index in [1.807, 2.05) is 25.1 Å². The SMILES string of the molecule is Cc1cc(Sc2ccc(I)cc2)ccc1CC(=O)O. The molecule has 0 saturated carbocycles. The first-order valence-corrected chi connectivity index (χ1v) is 7.69. The molecule has 0 aliphatic heterocycles. The summed E-state index contributed by atoms with van der Waals surface area (Å²) in [6.45, 7) is 1.95. The number of rotatable bonds is 4. The van der Waals surface area contributed by atoms with Gasteiger partial charge in [-0.15, -0.1) is 0 Å². The molecule has 98 valence electrons. The Labute approximate surface area is 130 Å². The zero-order valence-corrected chi connectivity index (χ0v) is 13.4. The van der Waals surface area contributed by atoms with Crippen molar-refractivity contribution in [2.24, 2.45) is 0 Å². The highest BCUT2D eigenvalue weighted by atomic mass is 127. The smallest absolute Gasteiger partial charge is 0.307 e. The third-order valence-corrected chi connectivity index (χ3v) is 4.42. The highest BCUT2D eigenvalue weighted by molar-refractivity contribution is 14.1. The summed E-state index contributed by atoms with van der Waals surface area (Å²) in [6, 6.07) is 14.3. The molecule has 0 bridgehead atoms. The topological polar surface area (TPSA) is 37.3 Å². The molecule has 0 radical (unpaired) electrons. The number of halogens is 1. The lowest BCUT2D eigenvalue weighted by molar-refractivity contribution is -0.136. The van der Waals surface area contributed by atoms with E-state index >= 15 is 0 Å². The van der Waals surface area contributed by atoms with Crippen LogP contribution in [-0.2, 0) is 11.2 Å². The molecule has 2 aromatic carbocycles. The average molecular weight is 384 g/mol. The van der Waals surface area contributed by atoms with E-state index in [1.165, 1.54) is 8.47 Å². The Hall–Kier alpha value is -1.01. The molecule has 4 heteroatoms. The largest absolute Gasteiger partial charge is 0.481 e. The fourth-order valence-electron chi connectivity index (χ4n) is 1.73. The molecule has 0 amide bonds. The molecule has 0 fully saturated rings. The fraction of sp³-hybridized carbons (Fsp3) is 0.133. The molecule has 0 heterocycles. The summed E-state index contributed by atoms with van der Waals surface area (Å²) >= 11 is 3.97. The third kappa shape index (κ3) is 4.24. The van der Waals surface area contributed by atoms with E-state index in [9.17, 15) is 4.79 Å². The van der Waals surface area contributed by atoms with Crippen LogP contribution in [0.5, 0.6) is 0 Å². The molecular formula is C15H13IO2S. The first-order valence-electron chi connectivity index (χ1n) is 5.79. The second kappa shape index (κ2) is 6.43.